The monoisotopic (exact) mass is 506 g/mol. The first-order chi connectivity index (χ1) is 15.8. The van der Waals surface area contributed by atoms with Gasteiger partial charge in [0.05, 0.1) is 58.1 Å². The van der Waals surface area contributed by atoms with Crippen LogP contribution >= 0.6 is 23.5 Å². The Bertz CT molecular complexity index is 576. The first kappa shape index (κ1) is 28.6. The first-order valence-electron chi connectivity index (χ1n) is 12.1. The standard InChI is InChI=1S/C23H42N2O6S2/c1-23(2,3)31-20(26)8-9-28-10-11-29-12-13-30-14-16-32-15-6-4-5-7-19-21-18(17-33-19)24-22(27)25-21/h18-19,21H,4-17H2,1-3H3,(H2,24,25,27)/t18-,19-,21-/m0/s1. The van der Waals surface area contributed by atoms with Crippen molar-refractivity contribution in [1.82, 2.24) is 10.6 Å². The summed E-state index contributed by atoms with van der Waals surface area (Å²) in [5.74, 6) is 2.98. The van der Waals surface area contributed by atoms with E-state index in [4.69, 9.17) is 18.9 Å². The van der Waals surface area contributed by atoms with Crippen molar-refractivity contribution in [2.24, 2.45) is 0 Å². The van der Waals surface area contributed by atoms with Crippen LogP contribution in [0.2, 0.25) is 0 Å². The van der Waals surface area contributed by atoms with Crippen LogP contribution in [0.3, 0.4) is 0 Å². The van der Waals surface area contributed by atoms with Crippen molar-refractivity contribution < 1.29 is 28.5 Å². The minimum Gasteiger partial charge on any atom is -0.460 e. The van der Waals surface area contributed by atoms with E-state index in [0.29, 0.717) is 50.4 Å². The molecule has 2 N–H and O–H groups in total. The van der Waals surface area contributed by atoms with Gasteiger partial charge in [-0.05, 0) is 39.4 Å². The van der Waals surface area contributed by atoms with Crippen molar-refractivity contribution in [3.8, 4) is 0 Å². The van der Waals surface area contributed by atoms with Crippen molar-refractivity contribution >= 4 is 35.5 Å². The number of unbranched alkanes of at least 4 members (excludes halogenated alkanes) is 2. The number of thioether (sulfide) groups is 2. The molecule has 3 atom stereocenters. The zero-order chi connectivity index (χ0) is 23.9. The van der Waals surface area contributed by atoms with E-state index in [1.54, 1.807) is 0 Å². The van der Waals surface area contributed by atoms with Gasteiger partial charge in [-0.1, -0.05) is 12.8 Å². The Kier molecular flexibility index (Phi) is 13.9. The molecule has 2 saturated heterocycles. The highest BCUT2D eigenvalue weighted by Crippen LogP contribution is 2.33. The van der Waals surface area contributed by atoms with Crippen molar-refractivity contribution in [3.63, 3.8) is 0 Å². The second-order valence-electron chi connectivity index (χ2n) is 9.26. The number of hydrogen-bond donors (Lipinski definition) is 2. The molecule has 0 radical (unpaired) electrons. The Morgan fingerprint density at radius 2 is 1.67 bits per heavy atom. The van der Waals surface area contributed by atoms with E-state index in [1.807, 2.05) is 44.3 Å². The lowest BCUT2D eigenvalue weighted by atomic mass is 10.0. The maximum absolute atomic E-state index is 11.5. The zero-order valence-corrected chi connectivity index (χ0v) is 22.0. The molecule has 10 heteroatoms. The fraction of sp³-hybridized carbons (Fsp3) is 0.913. The van der Waals surface area contributed by atoms with Crippen LogP contribution in [-0.4, -0.2) is 91.8 Å². The Morgan fingerprint density at radius 3 is 2.39 bits per heavy atom. The molecule has 2 fully saturated rings. The van der Waals surface area contributed by atoms with E-state index in [9.17, 15) is 9.59 Å². The molecule has 2 heterocycles. The van der Waals surface area contributed by atoms with Crippen LogP contribution in [0.5, 0.6) is 0 Å². The maximum Gasteiger partial charge on any atom is 0.315 e. The van der Waals surface area contributed by atoms with Gasteiger partial charge in [-0.3, -0.25) is 4.79 Å². The van der Waals surface area contributed by atoms with Crippen molar-refractivity contribution in [1.29, 1.82) is 0 Å². The number of carbonyl (C=O) groups is 2. The van der Waals surface area contributed by atoms with E-state index >= 15 is 0 Å². The van der Waals surface area contributed by atoms with Crippen LogP contribution in [0.15, 0.2) is 0 Å². The molecule has 0 spiro atoms. The molecule has 2 rings (SSSR count). The Labute approximate surface area is 207 Å². The number of ether oxygens (including phenoxy) is 4. The first-order valence-corrected chi connectivity index (χ1v) is 14.3. The van der Waals surface area contributed by atoms with Gasteiger partial charge in [-0.2, -0.15) is 23.5 Å². The average Bonchev–Trinajstić information content (AvgIpc) is 3.28. The van der Waals surface area contributed by atoms with Gasteiger partial charge in [0, 0.05) is 16.8 Å². The number of urea groups is 1. The summed E-state index contributed by atoms with van der Waals surface area (Å²) < 4.78 is 21.7. The number of nitrogens with one attached hydrogen (secondary N) is 2. The number of esters is 1. The van der Waals surface area contributed by atoms with E-state index in [0.717, 1.165) is 18.1 Å². The van der Waals surface area contributed by atoms with Gasteiger partial charge in [-0.15, -0.1) is 0 Å². The minimum absolute atomic E-state index is 0.00152. The van der Waals surface area contributed by atoms with Crippen LogP contribution in [0, 0.1) is 0 Å². The largest absolute Gasteiger partial charge is 0.460 e. The van der Waals surface area contributed by atoms with Gasteiger partial charge in [0.25, 0.3) is 0 Å². The Balaban J connectivity index is 1.25. The normalized spacial score (nSPS) is 22.2. The summed E-state index contributed by atoms with van der Waals surface area (Å²) in [6.07, 6.45) is 5.16. The maximum atomic E-state index is 11.5. The predicted octanol–water partition coefficient (Wildman–Crippen LogP) is 3.23. The fourth-order valence-corrected chi connectivity index (χ4v) is 6.07. The van der Waals surface area contributed by atoms with Gasteiger partial charge < -0.3 is 29.6 Å². The smallest absolute Gasteiger partial charge is 0.315 e. The lowest BCUT2D eigenvalue weighted by Crippen LogP contribution is -2.36. The molecule has 0 saturated carbocycles. The second-order valence-corrected chi connectivity index (χ2v) is 11.8. The van der Waals surface area contributed by atoms with Crippen LogP contribution in [0.25, 0.3) is 0 Å². The minimum atomic E-state index is -0.452. The van der Waals surface area contributed by atoms with E-state index in [-0.39, 0.29) is 18.4 Å². The summed E-state index contributed by atoms with van der Waals surface area (Å²) in [7, 11) is 0. The summed E-state index contributed by atoms with van der Waals surface area (Å²) in [5, 5.41) is 6.63. The summed E-state index contributed by atoms with van der Waals surface area (Å²) >= 11 is 3.93. The van der Waals surface area contributed by atoms with Crippen LogP contribution in [0.1, 0.15) is 52.9 Å². The summed E-state index contributed by atoms with van der Waals surface area (Å²) in [6.45, 7) is 8.75. The molecular formula is C23H42N2O6S2. The number of amides is 2. The van der Waals surface area contributed by atoms with Crippen LogP contribution < -0.4 is 10.6 Å². The van der Waals surface area contributed by atoms with Crippen LogP contribution in [0.4, 0.5) is 4.79 Å². The van der Waals surface area contributed by atoms with Gasteiger partial charge in [0.1, 0.15) is 5.60 Å². The Morgan fingerprint density at radius 1 is 0.970 bits per heavy atom. The van der Waals surface area contributed by atoms with Crippen molar-refractivity contribution in [2.75, 3.05) is 56.9 Å². The molecule has 2 amide bonds. The molecule has 0 aromatic carbocycles. The molecule has 8 nitrogen and oxygen atoms in total. The SMILES string of the molecule is CC(C)(C)OC(=O)CCOCCOCCOCCSCCCCC[C@@H]1SC[C@@H]2NC(=O)N[C@@H]21. The summed E-state index contributed by atoms with van der Waals surface area (Å²) in [6, 6.07) is 0.661. The third-order valence-corrected chi connectivity index (χ3v) is 7.74. The topological polar surface area (TPSA) is 95.1 Å². The number of fused-ring (bicyclic) bond motifs is 1. The van der Waals surface area contributed by atoms with E-state index < -0.39 is 5.60 Å². The average molecular weight is 507 g/mol. The van der Waals surface area contributed by atoms with Gasteiger partial charge in [0.15, 0.2) is 0 Å². The number of rotatable bonds is 18. The van der Waals surface area contributed by atoms with Gasteiger partial charge >= 0.3 is 12.0 Å². The number of hydrogen-bond acceptors (Lipinski definition) is 8. The Hall–Kier alpha value is -0.680. The highest BCUT2D eigenvalue weighted by molar-refractivity contribution is 8.00. The molecule has 0 unspecified atom stereocenters. The molecular weight excluding hydrogens is 464 g/mol. The molecule has 2 aliphatic rings. The molecule has 33 heavy (non-hydrogen) atoms. The highest BCUT2D eigenvalue weighted by atomic mass is 32.2. The second kappa shape index (κ2) is 16.1. The molecule has 0 bridgehead atoms. The molecule has 0 aromatic heterocycles. The predicted molar refractivity (Wildman–Crippen MR) is 134 cm³/mol. The molecule has 0 aromatic rings. The summed E-state index contributed by atoms with van der Waals surface area (Å²) in [5.41, 5.74) is -0.452. The van der Waals surface area contributed by atoms with Gasteiger partial charge in [-0.25, -0.2) is 4.79 Å². The third-order valence-electron chi connectivity index (χ3n) is 5.20. The van der Waals surface area contributed by atoms with E-state index in [2.05, 4.69) is 10.6 Å². The quantitative estimate of drug-likeness (QED) is 0.166. The van der Waals surface area contributed by atoms with E-state index in [1.165, 1.54) is 31.4 Å². The van der Waals surface area contributed by atoms with Crippen LogP contribution in [-0.2, 0) is 23.7 Å². The fourth-order valence-electron chi connectivity index (χ4n) is 3.68. The lowest BCUT2D eigenvalue weighted by molar-refractivity contribution is -0.156. The lowest BCUT2D eigenvalue weighted by Gasteiger charge is -2.19. The molecule has 0 aliphatic carbocycles. The highest BCUT2D eigenvalue weighted by Gasteiger charge is 2.42. The molecule has 192 valence electrons. The van der Waals surface area contributed by atoms with Gasteiger partial charge in [0.2, 0.25) is 0 Å². The van der Waals surface area contributed by atoms with Crippen molar-refractivity contribution in [2.45, 2.75) is 75.8 Å². The van der Waals surface area contributed by atoms with Crippen molar-refractivity contribution in [3.05, 3.63) is 0 Å². The number of carbonyl (C=O) groups excluding carboxylic acids is 2. The zero-order valence-electron chi connectivity index (χ0n) is 20.4. The summed E-state index contributed by atoms with van der Waals surface area (Å²) in [4.78, 5) is 22.9. The third kappa shape index (κ3) is 13.1. The molecule has 2 aliphatic heterocycles.